The summed E-state index contributed by atoms with van der Waals surface area (Å²) >= 11 is 0. The van der Waals surface area contributed by atoms with Crippen LogP contribution < -0.4 is 14.2 Å². The van der Waals surface area contributed by atoms with Crippen molar-refractivity contribution in [1.29, 1.82) is 0 Å². The maximum Gasteiger partial charge on any atom is 0.586 e. The molecule has 3 rings (SSSR count). The molecule has 0 spiro atoms. The first-order chi connectivity index (χ1) is 11.6. The van der Waals surface area contributed by atoms with Crippen molar-refractivity contribution in [3.8, 4) is 17.2 Å². The van der Waals surface area contributed by atoms with E-state index in [0.717, 1.165) is 0 Å². The van der Waals surface area contributed by atoms with Gasteiger partial charge in [-0.1, -0.05) is 6.92 Å². The van der Waals surface area contributed by atoms with Crippen molar-refractivity contribution < 1.29 is 32.5 Å². The minimum Gasteiger partial charge on any atom is -0.484 e. The van der Waals surface area contributed by atoms with Crippen LogP contribution in [0.4, 0.5) is 13.6 Å². The van der Waals surface area contributed by atoms with Crippen LogP contribution in [0.5, 0.6) is 17.2 Å². The van der Waals surface area contributed by atoms with Crippen LogP contribution in [0.2, 0.25) is 0 Å². The number of hydrogen-bond donors (Lipinski definition) is 0. The van der Waals surface area contributed by atoms with Gasteiger partial charge in [-0.05, 0) is 39.3 Å². The largest absolute Gasteiger partial charge is 0.586 e. The molecule has 0 saturated heterocycles. The number of rotatable bonds is 1. The van der Waals surface area contributed by atoms with Gasteiger partial charge in [0.2, 0.25) is 5.75 Å². The molecule has 0 bridgehead atoms. The molecule has 2 heterocycles. The predicted molar refractivity (Wildman–Crippen MR) is 84.0 cm³/mol. The lowest BCUT2D eigenvalue weighted by Gasteiger charge is -2.27. The van der Waals surface area contributed by atoms with E-state index in [9.17, 15) is 13.6 Å². The highest BCUT2D eigenvalue weighted by molar-refractivity contribution is 5.69. The number of carbonyl (C=O) groups excluding carboxylic acids is 1. The molecule has 138 valence electrons. The number of carbonyl (C=O) groups is 1. The van der Waals surface area contributed by atoms with Gasteiger partial charge in [0, 0.05) is 5.56 Å². The summed E-state index contributed by atoms with van der Waals surface area (Å²) in [5.41, 5.74) is -0.0759. The zero-order chi connectivity index (χ0) is 18.4. The molecular weight excluding hydrogens is 336 g/mol. The van der Waals surface area contributed by atoms with Gasteiger partial charge in [-0.2, -0.15) is 0 Å². The molecule has 0 aliphatic carbocycles. The second-order valence-corrected chi connectivity index (χ2v) is 7.06. The molecule has 0 unspecified atom stereocenters. The van der Waals surface area contributed by atoms with E-state index < -0.39 is 18.0 Å². The van der Waals surface area contributed by atoms with Crippen molar-refractivity contribution in [2.45, 2.75) is 58.7 Å². The van der Waals surface area contributed by atoms with Crippen LogP contribution in [0, 0.1) is 0 Å². The lowest BCUT2D eigenvalue weighted by atomic mass is 10.1. The summed E-state index contributed by atoms with van der Waals surface area (Å²) in [6.45, 7) is 7.69. The Morgan fingerprint density at radius 3 is 2.68 bits per heavy atom. The fraction of sp³-hybridized carbons (Fsp3) is 0.588. The zero-order valence-corrected chi connectivity index (χ0v) is 14.6. The van der Waals surface area contributed by atoms with Gasteiger partial charge < -0.3 is 23.8 Å². The first kappa shape index (κ1) is 17.6. The molecule has 0 radical (unpaired) electrons. The van der Waals surface area contributed by atoms with Crippen molar-refractivity contribution in [1.82, 2.24) is 4.90 Å². The van der Waals surface area contributed by atoms with Crippen LogP contribution in [0.3, 0.4) is 0 Å². The van der Waals surface area contributed by atoms with Crippen LogP contribution in [0.15, 0.2) is 12.1 Å². The SMILES string of the molecule is CC[C@@H]1CN(C(=O)OC(C)(C)C)Cc2ccc3c(c2O1)OC(F)(F)O3. The minimum atomic E-state index is -3.72. The molecule has 1 amide bonds. The van der Waals surface area contributed by atoms with Crippen LogP contribution in [0.1, 0.15) is 39.7 Å². The van der Waals surface area contributed by atoms with E-state index in [2.05, 4.69) is 9.47 Å². The first-order valence-corrected chi connectivity index (χ1v) is 8.14. The monoisotopic (exact) mass is 357 g/mol. The fourth-order valence-corrected chi connectivity index (χ4v) is 2.68. The van der Waals surface area contributed by atoms with Crippen LogP contribution in [0.25, 0.3) is 0 Å². The number of alkyl halides is 2. The molecule has 2 aliphatic heterocycles. The van der Waals surface area contributed by atoms with Crippen LogP contribution in [-0.4, -0.2) is 35.5 Å². The van der Waals surface area contributed by atoms with E-state index in [1.54, 1.807) is 26.8 Å². The average Bonchev–Trinajstić information content (AvgIpc) is 2.68. The molecule has 1 aromatic rings. The number of fused-ring (bicyclic) bond motifs is 3. The molecule has 1 aromatic carbocycles. The number of nitrogens with zero attached hydrogens (tertiary/aromatic N) is 1. The standard InChI is InChI=1S/C17H21F2NO5/c1-5-11-9-20(15(21)25-16(2,3)4)8-10-6-7-12-14(13(10)22-11)24-17(18,19)23-12/h6-7,11H,5,8-9H2,1-4H3/t11-/m1/s1. The average molecular weight is 357 g/mol. The summed E-state index contributed by atoms with van der Waals surface area (Å²) in [7, 11) is 0. The highest BCUT2D eigenvalue weighted by Gasteiger charge is 2.46. The maximum atomic E-state index is 13.4. The highest BCUT2D eigenvalue weighted by atomic mass is 19.3. The fourth-order valence-electron chi connectivity index (χ4n) is 2.68. The third kappa shape index (κ3) is 3.72. The van der Waals surface area contributed by atoms with E-state index in [4.69, 9.17) is 9.47 Å². The Bertz CT molecular complexity index is 686. The second-order valence-electron chi connectivity index (χ2n) is 7.06. The number of amides is 1. The summed E-state index contributed by atoms with van der Waals surface area (Å²) in [6.07, 6.45) is -4.00. The Morgan fingerprint density at radius 1 is 1.32 bits per heavy atom. The number of benzene rings is 1. The predicted octanol–water partition coefficient (Wildman–Crippen LogP) is 3.92. The van der Waals surface area contributed by atoms with E-state index in [1.807, 2.05) is 6.92 Å². The molecule has 0 N–H and O–H groups in total. The van der Waals surface area contributed by atoms with Crippen molar-refractivity contribution in [3.05, 3.63) is 17.7 Å². The summed E-state index contributed by atoms with van der Waals surface area (Å²) in [6, 6.07) is 2.98. The summed E-state index contributed by atoms with van der Waals surface area (Å²) in [5.74, 6) is -0.0242. The Hall–Kier alpha value is -2.25. The Kier molecular flexibility index (Phi) is 4.17. The molecular formula is C17H21F2NO5. The molecule has 0 saturated carbocycles. The molecule has 2 aliphatic rings. The highest BCUT2D eigenvalue weighted by Crippen LogP contribution is 2.50. The van der Waals surface area contributed by atoms with Gasteiger partial charge in [0.1, 0.15) is 11.7 Å². The van der Waals surface area contributed by atoms with Crippen LogP contribution >= 0.6 is 0 Å². The van der Waals surface area contributed by atoms with Gasteiger partial charge in [-0.25, -0.2) is 4.79 Å². The van der Waals surface area contributed by atoms with Gasteiger partial charge in [-0.15, -0.1) is 8.78 Å². The summed E-state index contributed by atoms with van der Waals surface area (Å²) in [5, 5.41) is 0. The lowest BCUT2D eigenvalue weighted by molar-refractivity contribution is -0.287. The lowest BCUT2D eigenvalue weighted by Crippen LogP contribution is -2.40. The molecule has 6 nitrogen and oxygen atoms in total. The van der Waals surface area contributed by atoms with Crippen LogP contribution in [-0.2, 0) is 11.3 Å². The van der Waals surface area contributed by atoms with Gasteiger partial charge in [0.25, 0.3) is 0 Å². The van der Waals surface area contributed by atoms with Gasteiger partial charge in [-0.3, -0.25) is 0 Å². The molecule has 0 fully saturated rings. The number of ether oxygens (including phenoxy) is 4. The van der Waals surface area contributed by atoms with E-state index >= 15 is 0 Å². The second kappa shape index (κ2) is 5.93. The Labute approximate surface area is 144 Å². The van der Waals surface area contributed by atoms with Crippen molar-refractivity contribution in [2.75, 3.05) is 6.54 Å². The topological polar surface area (TPSA) is 57.2 Å². The Morgan fingerprint density at radius 2 is 2.04 bits per heavy atom. The molecule has 8 heteroatoms. The first-order valence-electron chi connectivity index (χ1n) is 8.14. The smallest absolute Gasteiger partial charge is 0.484 e. The Balaban J connectivity index is 1.92. The summed E-state index contributed by atoms with van der Waals surface area (Å²) in [4.78, 5) is 14.0. The minimum absolute atomic E-state index is 0.0793. The van der Waals surface area contributed by atoms with E-state index in [-0.39, 0.29) is 36.4 Å². The normalized spacial score (nSPS) is 21.2. The van der Waals surface area contributed by atoms with E-state index in [0.29, 0.717) is 12.0 Å². The third-order valence-corrected chi connectivity index (χ3v) is 3.78. The van der Waals surface area contributed by atoms with E-state index in [1.165, 1.54) is 11.0 Å². The molecule has 1 atom stereocenters. The van der Waals surface area contributed by atoms with Gasteiger partial charge in [0.05, 0.1) is 13.1 Å². The van der Waals surface area contributed by atoms with Crippen molar-refractivity contribution >= 4 is 6.09 Å². The summed E-state index contributed by atoms with van der Waals surface area (Å²) < 4.78 is 47.1. The molecule has 0 aromatic heterocycles. The van der Waals surface area contributed by atoms with Gasteiger partial charge >= 0.3 is 12.4 Å². The number of hydrogen-bond acceptors (Lipinski definition) is 5. The zero-order valence-electron chi connectivity index (χ0n) is 14.6. The third-order valence-electron chi connectivity index (χ3n) is 3.78. The quantitative estimate of drug-likeness (QED) is 0.763. The maximum absolute atomic E-state index is 13.4. The van der Waals surface area contributed by atoms with Crippen molar-refractivity contribution in [3.63, 3.8) is 0 Å². The molecule has 25 heavy (non-hydrogen) atoms. The number of halogens is 2. The van der Waals surface area contributed by atoms with Crippen molar-refractivity contribution in [2.24, 2.45) is 0 Å². The van der Waals surface area contributed by atoms with Gasteiger partial charge in [0.15, 0.2) is 11.5 Å².